The van der Waals surface area contributed by atoms with Crippen molar-refractivity contribution in [3.8, 4) is 0 Å². The van der Waals surface area contributed by atoms with Crippen molar-refractivity contribution in [2.24, 2.45) is 5.73 Å². The van der Waals surface area contributed by atoms with Gasteiger partial charge in [0.2, 0.25) is 5.91 Å². The lowest BCUT2D eigenvalue weighted by atomic mass is 10.0. The molecule has 3 aromatic rings. The van der Waals surface area contributed by atoms with Crippen molar-refractivity contribution in [1.82, 2.24) is 9.80 Å². The van der Waals surface area contributed by atoms with Crippen molar-refractivity contribution >= 4 is 17.7 Å². The minimum atomic E-state index is -1.25. The van der Waals surface area contributed by atoms with Crippen LogP contribution in [0, 0.1) is 18.6 Å². The highest BCUT2D eigenvalue weighted by atomic mass is 19.1. The Morgan fingerprint density at radius 3 is 2.31 bits per heavy atom. The Morgan fingerprint density at radius 1 is 0.949 bits per heavy atom. The van der Waals surface area contributed by atoms with Gasteiger partial charge in [0.1, 0.15) is 18.2 Å². The largest absolute Gasteiger partial charge is 0.390 e. The van der Waals surface area contributed by atoms with Crippen molar-refractivity contribution in [1.29, 1.82) is 0 Å². The average Bonchev–Trinajstić information content (AvgIpc) is 3.11. The molecular formula is C30H31F2N3O4. The number of nitrogens with two attached hydrogens (primary N) is 1. The molecule has 3 aromatic carbocycles. The minimum Gasteiger partial charge on any atom is -0.390 e. The highest BCUT2D eigenvalue weighted by Crippen LogP contribution is 2.24. The molecule has 0 saturated carbocycles. The fourth-order valence-corrected chi connectivity index (χ4v) is 4.70. The van der Waals surface area contributed by atoms with Crippen LogP contribution in [-0.4, -0.2) is 57.9 Å². The number of imide groups is 1. The molecule has 0 aliphatic carbocycles. The quantitative estimate of drug-likeness (QED) is 0.388. The summed E-state index contributed by atoms with van der Waals surface area (Å²) in [5.74, 6) is -3.16. The minimum absolute atomic E-state index is 0.0268. The third-order valence-electron chi connectivity index (χ3n) is 6.84. The molecule has 7 nitrogen and oxygen atoms in total. The molecule has 3 N–H and O–H groups in total. The first kappa shape index (κ1) is 28.1. The molecule has 0 fully saturated rings. The SMILES string of the molecule is CCc1cccc(CN(C[C@@H](O)[C@@H](N)Cc2cc(F)cc(F)c2)C(=O)CN2C(=O)c3ccc(C)cc3C2=O)c1. The van der Waals surface area contributed by atoms with Gasteiger partial charge < -0.3 is 15.7 Å². The van der Waals surface area contributed by atoms with Crippen LogP contribution >= 0.6 is 0 Å². The van der Waals surface area contributed by atoms with E-state index in [1.165, 1.54) is 4.90 Å². The van der Waals surface area contributed by atoms with Gasteiger partial charge in [-0.1, -0.05) is 42.8 Å². The number of carbonyl (C=O) groups is 3. The van der Waals surface area contributed by atoms with Crippen LogP contribution in [0.25, 0.3) is 0 Å². The first-order valence-electron chi connectivity index (χ1n) is 12.8. The maximum Gasteiger partial charge on any atom is 0.262 e. The Kier molecular flexibility index (Phi) is 8.52. The van der Waals surface area contributed by atoms with Gasteiger partial charge in [-0.25, -0.2) is 8.78 Å². The molecule has 1 heterocycles. The van der Waals surface area contributed by atoms with E-state index in [-0.39, 0.29) is 36.2 Å². The summed E-state index contributed by atoms with van der Waals surface area (Å²) in [4.78, 5) is 41.6. The number of nitrogens with zero attached hydrogens (tertiary/aromatic N) is 2. The van der Waals surface area contributed by atoms with Crippen molar-refractivity contribution in [2.45, 2.75) is 45.4 Å². The van der Waals surface area contributed by atoms with E-state index in [1.807, 2.05) is 31.2 Å². The highest BCUT2D eigenvalue weighted by Gasteiger charge is 2.37. The summed E-state index contributed by atoms with van der Waals surface area (Å²) >= 11 is 0. The van der Waals surface area contributed by atoms with Gasteiger partial charge in [0.15, 0.2) is 0 Å². The molecule has 0 bridgehead atoms. The van der Waals surface area contributed by atoms with E-state index in [1.54, 1.807) is 25.1 Å². The Morgan fingerprint density at radius 2 is 1.62 bits per heavy atom. The lowest BCUT2D eigenvalue weighted by Gasteiger charge is -2.29. The van der Waals surface area contributed by atoms with E-state index in [9.17, 15) is 28.3 Å². The summed E-state index contributed by atoms with van der Waals surface area (Å²) in [6, 6.07) is 14.6. The van der Waals surface area contributed by atoms with E-state index < -0.39 is 48.0 Å². The Hall–Kier alpha value is -3.95. The van der Waals surface area contributed by atoms with Crippen molar-refractivity contribution in [2.75, 3.05) is 13.1 Å². The first-order chi connectivity index (χ1) is 18.5. The number of halogens is 2. The van der Waals surface area contributed by atoms with Crippen LogP contribution in [0.1, 0.15) is 49.9 Å². The van der Waals surface area contributed by atoms with Crippen LogP contribution in [0.3, 0.4) is 0 Å². The average molecular weight is 536 g/mol. The van der Waals surface area contributed by atoms with Gasteiger partial charge in [-0.05, 0) is 60.7 Å². The second kappa shape index (κ2) is 11.8. The molecule has 3 amide bonds. The predicted octanol–water partition coefficient (Wildman–Crippen LogP) is 3.39. The molecule has 0 unspecified atom stereocenters. The lowest BCUT2D eigenvalue weighted by molar-refractivity contribution is -0.133. The number of benzene rings is 3. The Bertz CT molecular complexity index is 1390. The third-order valence-corrected chi connectivity index (χ3v) is 6.84. The monoisotopic (exact) mass is 535 g/mol. The second-order valence-corrected chi connectivity index (χ2v) is 9.91. The zero-order chi connectivity index (χ0) is 28.3. The normalized spacial score (nSPS) is 14.4. The fraction of sp³-hybridized carbons (Fsp3) is 0.300. The summed E-state index contributed by atoms with van der Waals surface area (Å²) in [6.45, 7) is 3.20. The maximum atomic E-state index is 13.6. The van der Waals surface area contributed by atoms with Crippen LogP contribution in [-0.2, 0) is 24.2 Å². The van der Waals surface area contributed by atoms with E-state index in [0.29, 0.717) is 0 Å². The number of fused-ring (bicyclic) bond motifs is 1. The number of aliphatic hydroxyl groups excluding tert-OH is 1. The van der Waals surface area contributed by atoms with E-state index in [0.717, 1.165) is 46.2 Å². The summed E-state index contributed by atoms with van der Waals surface area (Å²) in [5, 5.41) is 10.9. The molecular weight excluding hydrogens is 504 g/mol. The van der Waals surface area contributed by atoms with Crippen molar-refractivity contribution < 1.29 is 28.3 Å². The molecule has 4 rings (SSSR count). The molecule has 39 heavy (non-hydrogen) atoms. The van der Waals surface area contributed by atoms with Gasteiger partial charge in [-0.15, -0.1) is 0 Å². The van der Waals surface area contributed by atoms with Crippen molar-refractivity contribution in [3.63, 3.8) is 0 Å². The zero-order valence-corrected chi connectivity index (χ0v) is 21.9. The van der Waals surface area contributed by atoms with Crippen molar-refractivity contribution in [3.05, 3.63) is 106 Å². The summed E-state index contributed by atoms with van der Waals surface area (Å²) in [6.07, 6.45) is -0.492. The molecule has 2 atom stereocenters. The lowest BCUT2D eigenvalue weighted by Crippen LogP contribution is -2.49. The van der Waals surface area contributed by atoms with Crippen LogP contribution in [0.2, 0.25) is 0 Å². The zero-order valence-electron chi connectivity index (χ0n) is 21.9. The number of rotatable bonds is 10. The van der Waals surface area contributed by atoms with Crippen LogP contribution in [0.5, 0.6) is 0 Å². The van der Waals surface area contributed by atoms with Gasteiger partial charge in [0, 0.05) is 25.2 Å². The number of hydrogen-bond acceptors (Lipinski definition) is 5. The van der Waals surface area contributed by atoms with Crippen LogP contribution < -0.4 is 5.73 Å². The first-order valence-corrected chi connectivity index (χ1v) is 12.8. The smallest absolute Gasteiger partial charge is 0.262 e. The molecule has 0 radical (unpaired) electrons. The van der Waals surface area contributed by atoms with Gasteiger partial charge in [0.25, 0.3) is 11.8 Å². The van der Waals surface area contributed by atoms with Gasteiger partial charge in [-0.3, -0.25) is 19.3 Å². The maximum absolute atomic E-state index is 13.6. The van der Waals surface area contributed by atoms with Gasteiger partial charge in [0.05, 0.1) is 17.2 Å². The van der Waals surface area contributed by atoms with E-state index >= 15 is 0 Å². The van der Waals surface area contributed by atoms with Gasteiger partial charge >= 0.3 is 0 Å². The number of aryl methyl sites for hydroxylation is 2. The second-order valence-electron chi connectivity index (χ2n) is 9.91. The van der Waals surface area contributed by atoms with Gasteiger partial charge in [-0.2, -0.15) is 0 Å². The fourth-order valence-electron chi connectivity index (χ4n) is 4.70. The van der Waals surface area contributed by atoms with E-state index in [2.05, 4.69) is 0 Å². The molecule has 1 aliphatic heterocycles. The Balaban J connectivity index is 1.53. The van der Waals surface area contributed by atoms with Crippen LogP contribution in [0.4, 0.5) is 8.78 Å². The molecule has 1 aliphatic rings. The molecule has 0 aromatic heterocycles. The van der Waals surface area contributed by atoms with E-state index in [4.69, 9.17) is 5.73 Å². The molecule has 0 spiro atoms. The molecule has 0 saturated heterocycles. The number of carbonyl (C=O) groups excluding carboxylic acids is 3. The predicted molar refractivity (Wildman–Crippen MR) is 142 cm³/mol. The van der Waals surface area contributed by atoms with Crippen LogP contribution in [0.15, 0.2) is 60.7 Å². The molecule has 204 valence electrons. The number of hydrogen-bond donors (Lipinski definition) is 2. The summed E-state index contributed by atoms with van der Waals surface area (Å²) < 4.78 is 27.2. The number of aliphatic hydroxyl groups is 1. The standard InChI is InChI=1S/C30H31F2N3O4/c1-3-19-5-4-6-20(10-19)15-34(16-27(36)26(33)13-21-11-22(31)14-23(32)12-21)28(37)17-35-29(38)24-8-7-18(2)9-25(24)30(35)39/h4-12,14,26-27,36H,3,13,15-17,33H2,1-2H3/t26-,27+/m0/s1. The highest BCUT2D eigenvalue weighted by molar-refractivity contribution is 6.22. The molecule has 9 heteroatoms. The summed E-state index contributed by atoms with van der Waals surface area (Å²) in [5.41, 5.74) is 9.60. The number of amides is 3. The third kappa shape index (κ3) is 6.55. The summed E-state index contributed by atoms with van der Waals surface area (Å²) in [7, 11) is 0. The topological polar surface area (TPSA) is 104 Å². The Labute approximate surface area is 225 Å².